The molecule has 0 saturated carbocycles. The van der Waals surface area contributed by atoms with Crippen LogP contribution < -0.4 is 5.73 Å². The van der Waals surface area contributed by atoms with E-state index in [1.165, 1.54) is 0 Å². The van der Waals surface area contributed by atoms with Gasteiger partial charge in [-0.1, -0.05) is 12.1 Å². The number of fused-ring (bicyclic) bond motifs is 1. The van der Waals surface area contributed by atoms with Gasteiger partial charge in [0.2, 0.25) is 0 Å². The van der Waals surface area contributed by atoms with Crippen LogP contribution in [0.4, 0.5) is 5.69 Å². The van der Waals surface area contributed by atoms with Gasteiger partial charge in [-0.15, -0.1) is 17.9 Å². The smallest absolute Gasteiger partial charge is 0.104 e. The number of para-hydroxylation sites is 1. The SMILES string of the molecule is C=CCc1nc2c(N)cccc2s1. The van der Waals surface area contributed by atoms with Crippen molar-refractivity contribution in [3.05, 3.63) is 35.9 Å². The van der Waals surface area contributed by atoms with Crippen molar-refractivity contribution in [3.8, 4) is 0 Å². The van der Waals surface area contributed by atoms with E-state index >= 15 is 0 Å². The van der Waals surface area contributed by atoms with Crippen LogP contribution in [0.3, 0.4) is 0 Å². The van der Waals surface area contributed by atoms with Crippen molar-refractivity contribution in [2.24, 2.45) is 0 Å². The molecule has 0 unspecified atom stereocenters. The molecule has 2 rings (SSSR count). The summed E-state index contributed by atoms with van der Waals surface area (Å²) in [5, 5.41) is 1.07. The molecule has 0 atom stereocenters. The van der Waals surface area contributed by atoms with Crippen LogP contribution in [-0.2, 0) is 6.42 Å². The van der Waals surface area contributed by atoms with Gasteiger partial charge in [0, 0.05) is 6.42 Å². The number of nitrogens with two attached hydrogens (primary N) is 1. The fourth-order valence-corrected chi connectivity index (χ4v) is 2.23. The lowest BCUT2D eigenvalue weighted by atomic mass is 10.3. The lowest BCUT2D eigenvalue weighted by Crippen LogP contribution is -1.85. The highest BCUT2D eigenvalue weighted by atomic mass is 32.1. The van der Waals surface area contributed by atoms with Crippen molar-refractivity contribution in [2.45, 2.75) is 6.42 Å². The third kappa shape index (κ3) is 1.42. The summed E-state index contributed by atoms with van der Waals surface area (Å²) in [6.45, 7) is 3.68. The molecule has 1 aromatic heterocycles. The number of hydrogen-bond acceptors (Lipinski definition) is 3. The quantitative estimate of drug-likeness (QED) is 0.584. The van der Waals surface area contributed by atoms with Gasteiger partial charge in [0.05, 0.1) is 15.4 Å². The Morgan fingerprint density at radius 1 is 1.54 bits per heavy atom. The monoisotopic (exact) mass is 190 g/mol. The van der Waals surface area contributed by atoms with Crippen LogP contribution in [0.5, 0.6) is 0 Å². The molecule has 0 fully saturated rings. The Bertz CT molecular complexity index is 445. The van der Waals surface area contributed by atoms with E-state index < -0.39 is 0 Å². The van der Waals surface area contributed by atoms with E-state index in [-0.39, 0.29) is 0 Å². The van der Waals surface area contributed by atoms with Gasteiger partial charge in [0.1, 0.15) is 5.52 Å². The van der Waals surface area contributed by atoms with Gasteiger partial charge in [0.25, 0.3) is 0 Å². The van der Waals surface area contributed by atoms with Crippen molar-refractivity contribution >= 4 is 27.2 Å². The van der Waals surface area contributed by atoms with E-state index in [0.29, 0.717) is 0 Å². The van der Waals surface area contributed by atoms with Crippen LogP contribution in [0.2, 0.25) is 0 Å². The Morgan fingerprint density at radius 2 is 2.38 bits per heavy atom. The molecule has 2 aromatic rings. The molecule has 1 heterocycles. The summed E-state index contributed by atoms with van der Waals surface area (Å²) >= 11 is 1.67. The standard InChI is InChI=1S/C10H10N2S/c1-2-4-9-12-10-7(11)5-3-6-8(10)13-9/h2-3,5-6H,1,4,11H2. The summed E-state index contributed by atoms with van der Waals surface area (Å²) in [5.74, 6) is 0. The van der Waals surface area contributed by atoms with Crippen LogP contribution in [0, 0.1) is 0 Å². The lowest BCUT2D eigenvalue weighted by molar-refractivity contribution is 1.22. The summed E-state index contributed by atoms with van der Waals surface area (Å²) in [6.07, 6.45) is 2.67. The van der Waals surface area contributed by atoms with Crippen LogP contribution in [0.15, 0.2) is 30.9 Å². The number of allylic oxidation sites excluding steroid dienone is 1. The second kappa shape index (κ2) is 3.18. The zero-order valence-electron chi connectivity index (χ0n) is 7.16. The number of benzene rings is 1. The highest BCUT2D eigenvalue weighted by molar-refractivity contribution is 7.18. The molecule has 1 aromatic carbocycles. The third-order valence-corrected chi connectivity index (χ3v) is 2.86. The fraction of sp³-hybridized carbons (Fsp3) is 0.100. The van der Waals surface area contributed by atoms with Crippen LogP contribution in [-0.4, -0.2) is 4.98 Å². The largest absolute Gasteiger partial charge is 0.397 e. The first-order valence-electron chi connectivity index (χ1n) is 4.06. The summed E-state index contributed by atoms with van der Waals surface area (Å²) in [7, 11) is 0. The molecule has 66 valence electrons. The average Bonchev–Trinajstić information content (AvgIpc) is 2.49. The van der Waals surface area contributed by atoms with E-state index in [4.69, 9.17) is 5.73 Å². The molecule has 0 amide bonds. The highest BCUT2D eigenvalue weighted by Gasteiger charge is 2.03. The summed E-state index contributed by atoms with van der Waals surface area (Å²) < 4.78 is 1.15. The van der Waals surface area contributed by atoms with Gasteiger partial charge in [-0.05, 0) is 12.1 Å². The van der Waals surface area contributed by atoms with Crippen LogP contribution >= 0.6 is 11.3 Å². The van der Waals surface area contributed by atoms with Gasteiger partial charge < -0.3 is 5.73 Å². The first-order chi connectivity index (χ1) is 6.31. The molecule has 0 bridgehead atoms. The van der Waals surface area contributed by atoms with E-state index in [0.717, 1.165) is 27.3 Å². The molecule has 0 aliphatic heterocycles. The molecule has 2 N–H and O–H groups in total. The molecular formula is C10H10N2S. The van der Waals surface area contributed by atoms with Gasteiger partial charge in [-0.3, -0.25) is 0 Å². The van der Waals surface area contributed by atoms with Gasteiger partial charge in [-0.25, -0.2) is 4.98 Å². The Balaban J connectivity index is 2.61. The average molecular weight is 190 g/mol. The molecule has 3 heteroatoms. The molecule has 0 aliphatic rings. The minimum Gasteiger partial charge on any atom is -0.397 e. The van der Waals surface area contributed by atoms with E-state index in [1.807, 2.05) is 24.3 Å². The van der Waals surface area contributed by atoms with E-state index in [2.05, 4.69) is 11.6 Å². The Kier molecular flexibility index (Phi) is 2.02. The number of rotatable bonds is 2. The Hall–Kier alpha value is -1.35. The molecule has 0 radical (unpaired) electrons. The normalized spacial score (nSPS) is 10.5. The summed E-state index contributed by atoms with van der Waals surface area (Å²) in [5.41, 5.74) is 7.46. The van der Waals surface area contributed by atoms with Crippen molar-refractivity contribution < 1.29 is 0 Å². The van der Waals surface area contributed by atoms with Gasteiger partial charge >= 0.3 is 0 Å². The highest BCUT2D eigenvalue weighted by Crippen LogP contribution is 2.26. The topological polar surface area (TPSA) is 38.9 Å². The zero-order valence-corrected chi connectivity index (χ0v) is 7.97. The van der Waals surface area contributed by atoms with Gasteiger partial charge in [0.15, 0.2) is 0 Å². The Morgan fingerprint density at radius 3 is 3.08 bits per heavy atom. The Labute approximate surface area is 80.7 Å². The van der Waals surface area contributed by atoms with Gasteiger partial charge in [-0.2, -0.15) is 0 Å². The maximum atomic E-state index is 5.78. The van der Waals surface area contributed by atoms with E-state index in [1.54, 1.807) is 11.3 Å². The maximum Gasteiger partial charge on any atom is 0.104 e. The summed E-state index contributed by atoms with van der Waals surface area (Å²) in [4.78, 5) is 4.42. The number of aromatic nitrogens is 1. The maximum absolute atomic E-state index is 5.78. The number of anilines is 1. The molecule has 13 heavy (non-hydrogen) atoms. The minimum atomic E-state index is 0.754. The van der Waals surface area contributed by atoms with Crippen LogP contribution in [0.1, 0.15) is 5.01 Å². The van der Waals surface area contributed by atoms with Crippen LogP contribution in [0.25, 0.3) is 10.2 Å². The number of hydrogen-bond donors (Lipinski definition) is 1. The molecule has 0 aliphatic carbocycles. The van der Waals surface area contributed by atoms with Crippen molar-refractivity contribution in [3.63, 3.8) is 0 Å². The lowest BCUT2D eigenvalue weighted by Gasteiger charge is -1.90. The van der Waals surface area contributed by atoms with Crippen molar-refractivity contribution in [1.29, 1.82) is 0 Å². The number of nitrogens with zero attached hydrogens (tertiary/aromatic N) is 1. The molecule has 0 saturated heterocycles. The first kappa shape index (κ1) is 8.26. The predicted octanol–water partition coefficient (Wildman–Crippen LogP) is 2.61. The summed E-state index contributed by atoms with van der Waals surface area (Å²) in [6, 6.07) is 5.86. The molecule has 2 nitrogen and oxygen atoms in total. The molecule has 0 spiro atoms. The second-order valence-electron chi connectivity index (χ2n) is 2.79. The molecular weight excluding hydrogens is 180 g/mol. The predicted molar refractivity (Wildman–Crippen MR) is 57.9 cm³/mol. The minimum absolute atomic E-state index is 0.754. The van der Waals surface area contributed by atoms with Crippen molar-refractivity contribution in [2.75, 3.05) is 5.73 Å². The van der Waals surface area contributed by atoms with E-state index in [9.17, 15) is 0 Å². The third-order valence-electron chi connectivity index (χ3n) is 1.81. The first-order valence-corrected chi connectivity index (χ1v) is 4.87. The second-order valence-corrected chi connectivity index (χ2v) is 3.91. The fourth-order valence-electron chi connectivity index (χ4n) is 1.23. The van der Waals surface area contributed by atoms with Crippen molar-refractivity contribution in [1.82, 2.24) is 4.98 Å². The number of nitrogen functional groups attached to an aromatic ring is 1. The zero-order chi connectivity index (χ0) is 9.26. The number of thiazole rings is 1.